The molecule has 1 aliphatic rings. The maximum Gasteiger partial charge on any atom is 0.0897 e. The van der Waals surface area contributed by atoms with E-state index in [2.05, 4.69) is 24.2 Å². The average molecular weight is 258 g/mol. The Balaban J connectivity index is 2.05. The van der Waals surface area contributed by atoms with E-state index in [9.17, 15) is 5.11 Å². The van der Waals surface area contributed by atoms with Crippen LogP contribution < -0.4 is 5.32 Å². The number of nitrogens with zero attached hydrogens (tertiary/aromatic N) is 1. The first-order valence-electron chi connectivity index (χ1n) is 7.04. The van der Waals surface area contributed by atoms with Gasteiger partial charge in [0, 0.05) is 25.2 Å². The van der Waals surface area contributed by atoms with E-state index in [-0.39, 0.29) is 5.60 Å². The molecule has 2 atom stereocenters. The summed E-state index contributed by atoms with van der Waals surface area (Å²) in [7, 11) is 2.18. The molecule has 0 aromatic carbocycles. The SMILES string of the molecule is CC(CNCC(O)COC(C)(C)C)N(C)C1CC1. The summed E-state index contributed by atoms with van der Waals surface area (Å²) in [4.78, 5) is 2.42. The number of nitrogens with one attached hydrogen (secondary N) is 1. The Morgan fingerprint density at radius 2 is 1.94 bits per heavy atom. The van der Waals surface area contributed by atoms with Gasteiger partial charge in [-0.15, -0.1) is 0 Å². The van der Waals surface area contributed by atoms with Gasteiger partial charge >= 0.3 is 0 Å². The van der Waals surface area contributed by atoms with Crippen molar-refractivity contribution < 1.29 is 9.84 Å². The zero-order chi connectivity index (χ0) is 13.8. The van der Waals surface area contributed by atoms with E-state index in [1.165, 1.54) is 12.8 Å². The molecule has 1 fully saturated rings. The van der Waals surface area contributed by atoms with E-state index in [0.29, 0.717) is 19.2 Å². The fourth-order valence-electron chi connectivity index (χ4n) is 1.85. The second-order valence-electron chi connectivity index (χ2n) is 6.48. The van der Waals surface area contributed by atoms with Crippen LogP contribution in [0.3, 0.4) is 0 Å². The lowest BCUT2D eigenvalue weighted by atomic mass is 10.2. The van der Waals surface area contributed by atoms with E-state index in [0.717, 1.165) is 12.6 Å². The zero-order valence-corrected chi connectivity index (χ0v) is 12.6. The van der Waals surface area contributed by atoms with Gasteiger partial charge < -0.3 is 15.2 Å². The molecule has 4 heteroatoms. The molecule has 0 aliphatic heterocycles. The van der Waals surface area contributed by atoms with Gasteiger partial charge in [0.1, 0.15) is 0 Å². The zero-order valence-electron chi connectivity index (χ0n) is 12.6. The monoisotopic (exact) mass is 258 g/mol. The summed E-state index contributed by atoms with van der Waals surface area (Å²) >= 11 is 0. The lowest BCUT2D eigenvalue weighted by Crippen LogP contribution is -2.42. The molecular formula is C14H30N2O2. The minimum absolute atomic E-state index is 0.180. The predicted octanol–water partition coefficient (Wildman–Crippen LogP) is 1.23. The Bertz CT molecular complexity index is 236. The molecule has 0 amide bonds. The van der Waals surface area contributed by atoms with Gasteiger partial charge in [-0.3, -0.25) is 4.90 Å². The summed E-state index contributed by atoms with van der Waals surface area (Å²) in [5.74, 6) is 0. The second-order valence-corrected chi connectivity index (χ2v) is 6.48. The highest BCUT2D eigenvalue weighted by atomic mass is 16.5. The Hall–Kier alpha value is -0.160. The molecular weight excluding hydrogens is 228 g/mol. The molecule has 2 unspecified atom stereocenters. The van der Waals surface area contributed by atoms with Crippen molar-refractivity contribution in [3.63, 3.8) is 0 Å². The molecule has 0 saturated heterocycles. The lowest BCUT2D eigenvalue weighted by Gasteiger charge is -2.26. The number of aliphatic hydroxyl groups is 1. The fraction of sp³-hybridized carbons (Fsp3) is 1.00. The summed E-state index contributed by atoms with van der Waals surface area (Å²) in [5, 5.41) is 13.1. The number of ether oxygens (including phenoxy) is 1. The number of likely N-dealkylation sites (N-methyl/N-ethyl adjacent to an activating group) is 1. The maximum absolute atomic E-state index is 9.78. The summed E-state index contributed by atoms with van der Waals surface area (Å²) in [6.07, 6.45) is 2.24. The smallest absolute Gasteiger partial charge is 0.0897 e. The van der Waals surface area contributed by atoms with E-state index in [1.807, 2.05) is 20.8 Å². The third kappa shape index (κ3) is 6.69. The Kier molecular flexibility index (Phi) is 6.05. The van der Waals surface area contributed by atoms with Crippen molar-refractivity contribution in [1.82, 2.24) is 10.2 Å². The quantitative estimate of drug-likeness (QED) is 0.687. The van der Waals surface area contributed by atoms with Gasteiger partial charge in [0.15, 0.2) is 0 Å². The highest BCUT2D eigenvalue weighted by Crippen LogP contribution is 2.26. The van der Waals surface area contributed by atoms with Crippen molar-refractivity contribution in [2.45, 2.75) is 64.3 Å². The Morgan fingerprint density at radius 1 is 1.33 bits per heavy atom. The number of hydrogen-bond acceptors (Lipinski definition) is 4. The molecule has 108 valence electrons. The van der Waals surface area contributed by atoms with Crippen LogP contribution in [0.4, 0.5) is 0 Å². The standard InChI is InChI=1S/C14H30N2O2/c1-11(16(5)12-6-7-12)8-15-9-13(17)10-18-14(2,3)4/h11-13,15,17H,6-10H2,1-5H3. The van der Waals surface area contributed by atoms with Crippen molar-refractivity contribution in [2.75, 3.05) is 26.7 Å². The van der Waals surface area contributed by atoms with Gasteiger partial charge in [0.2, 0.25) is 0 Å². The van der Waals surface area contributed by atoms with E-state index in [4.69, 9.17) is 4.74 Å². The predicted molar refractivity (Wildman–Crippen MR) is 74.8 cm³/mol. The van der Waals surface area contributed by atoms with Crippen LogP contribution in [0.15, 0.2) is 0 Å². The van der Waals surface area contributed by atoms with E-state index in [1.54, 1.807) is 0 Å². The van der Waals surface area contributed by atoms with Crippen LogP contribution in [0.25, 0.3) is 0 Å². The van der Waals surface area contributed by atoms with Gasteiger partial charge in [-0.25, -0.2) is 0 Å². The Morgan fingerprint density at radius 3 is 2.44 bits per heavy atom. The minimum atomic E-state index is -0.428. The van der Waals surface area contributed by atoms with Gasteiger partial charge in [0.25, 0.3) is 0 Å². The highest BCUT2D eigenvalue weighted by molar-refractivity contribution is 4.85. The number of hydrogen-bond donors (Lipinski definition) is 2. The first-order chi connectivity index (χ1) is 8.29. The topological polar surface area (TPSA) is 44.7 Å². The molecule has 0 heterocycles. The third-order valence-corrected chi connectivity index (χ3v) is 3.35. The molecule has 4 nitrogen and oxygen atoms in total. The Labute approximate surface area is 112 Å². The maximum atomic E-state index is 9.78. The molecule has 18 heavy (non-hydrogen) atoms. The molecule has 0 spiro atoms. The fourth-order valence-corrected chi connectivity index (χ4v) is 1.85. The summed E-state index contributed by atoms with van der Waals surface area (Å²) in [5.41, 5.74) is -0.180. The van der Waals surface area contributed by atoms with Crippen molar-refractivity contribution in [2.24, 2.45) is 0 Å². The van der Waals surface area contributed by atoms with Crippen LogP contribution in [-0.2, 0) is 4.74 Å². The number of aliphatic hydroxyl groups excluding tert-OH is 1. The second kappa shape index (κ2) is 6.85. The molecule has 0 aromatic heterocycles. The molecule has 1 saturated carbocycles. The van der Waals surface area contributed by atoms with Crippen molar-refractivity contribution in [3.05, 3.63) is 0 Å². The van der Waals surface area contributed by atoms with Crippen LogP contribution in [-0.4, -0.2) is 60.5 Å². The molecule has 2 N–H and O–H groups in total. The summed E-state index contributed by atoms with van der Waals surface area (Å²) in [6.45, 7) is 10.1. The van der Waals surface area contributed by atoms with Crippen molar-refractivity contribution >= 4 is 0 Å². The van der Waals surface area contributed by atoms with Crippen LogP contribution in [0.5, 0.6) is 0 Å². The summed E-state index contributed by atoms with van der Waals surface area (Å²) < 4.78 is 5.54. The normalized spacial score (nSPS) is 20.2. The lowest BCUT2D eigenvalue weighted by molar-refractivity contribution is -0.0480. The van der Waals surface area contributed by atoms with Crippen molar-refractivity contribution in [1.29, 1.82) is 0 Å². The van der Waals surface area contributed by atoms with Gasteiger partial charge in [-0.05, 0) is 47.6 Å². The van der Waals surface area contributed by atoms with Crippen LogP contribution in [0, 0.1) is 0 Å². The van der Waals surface area contributed by atoms with Crippen molar-refractivity contribution in [3.8, 4) is 0 Å². The van der Waals surface area contributed by atoms with Crippen LogP contribution in [0.1, 0.15) is 40.5 Å². The van der Waals surface area contributed by atoms with E-state index < -0.39 is 6.10 Å². The average Bonchev–Trinajstić information content (AvgIpc) is 3.08. The molecule has 0 radical (unpaired) electrons. The number of rotatable bonds is 8. The van der Waals surface area contributed by atoms with Crippen LogP contribution >= 0.6 is 0 Å². The minimum Gasteiger partial charge on any atom is -0.389 e. The first-order valence-corrected chi connectivity index (χ1v) is 7.04. The highest BCUT2D eigenvalue weighted by Gasteiger charge is 2.28. The van der Waals surface area contributed by atoms with Gasteiger partial charge in [-0.2, -0.15) is 0 Å². The van der Waals surface area contributed by atoms with Crippen LogP contribution in [0.2, 0.25) is 0 Å². The third-order valence-electron chi connectivity index (χ3n) is 3.35. The largest absolute Gasteiger partial charge is 0.389 e. The molecule has 0 aromatic rings. The van der Waals surface area contributed by atoms with Gasteiger partial charge in [-0.1, -0.05) is 0 Å². The van der Waals surface area contributed by atoms with Gasteiger partial charge in [0.05, 0.1) is 18.3 Å². The van der Waals surface area contributed by atoms with E-state index >= 15 is 0 Å². The molecule has 1 rings (SSSR count). The molecule has 0 bridgehead atoms. The summed E-state index contributed by atoms with van der Waals surface area (Å²) in [6, 6.07) is 1.31. The first kappa shape index (κ1) is 15.9. The molecule has 1 aliphatic carbocycles.